The molecule has 0 aromatic heterocycles. The highest BCUT2D eigenvalue weighted by Gasteiger charge is 2.43. The smallest absolute Gasteiger partial charge is 0.256 e. The predicted molar refractivity (Wildman–Crippen MR) is 75.6 cm³/mol. The van der Waals surface area contributed by atoms with Crippen LogP contribution in [-0.2, 0) is 4.79 Å². The highest BCUT2D eigenvalue weighted by Crippen LogP contribution is 2.30. The molecule has 0 unspecified atom stereocenters. The van der Waals surface area contributed by atoms with E-state index in [9.17, 15) is 4.79 Å². The normalized spacial score (nSPS) is 23.5. The van der Waals surface area contributed by atoms with Crippen LogP contribution >= 0.6 is 12.2 Å². The topological polar surface area (TPSA) is 23.6 Å². The second-order valence-electron chi connectivity index (χ2n) is 5.00. The quantitative estimate of drug-likeness (QED) is 0.725. The number of carbonyl (C=O) groups excluding carboxylic acids is 1. The minimum atomic E-state index is -0.0208. The Morgan fingerprint density at radius 1 is 1.22 bits per heavy atom. The van der Waals surface area contributed by atoms with E-state index in [1.54, 1.807) is 4.90 Å². The fraction of sp³-hybridized carbons (Fsp3) is 0.429. The number of benzene rings is 1. The summed E-state index contributed by atoms with van der Waals surface area (Å²) in [6, 6.07) is 7.95. The van der Waals surface area contributed by atoms with Crippen LogP contribution in [0.3, 0.4) is 0 Å². The standard InChI is InChI=1S/C14H16N2OS/c1-10-5-7-11(8-6-10)16-13(17)12-4-2-3-9-15(12)14(16)18/h5-8,12H,2-4,9H2,1H3/t12-/m0/s1. The average molecular weight is 260 g/mol. The third-order valence-electron chi connectivity index (χ3n) is 3.74. The van der Waals surface area contributed by atoms with Crippen LogP contribution in [-0.4, -0.2) is 28.5 Å². The number of hydrogen-bond acceptors (Lipinski definition) is 2. The molecule has 0 aliphatic carbocycles. The van der Waals surface area contributed by atoms with Crippen LogP contribution in [0.25, 0.3) is 0 Å². The molecular weight excluding hydrogens is 244 g/mol. The Balaban J connectivity index is 1.95. The summed E-state index contributed by atoms with van der Waals surface area (Å²) in [5.74, 6) is 0.142. The first-order chi connectivity index (χ1) is 8.68. The van der Waals surface area contributed by atoms with E-state index in [0.29, 0.717) is 5.11 Å². The Bertz CT molecular complexity index is 473. The number of thiocarbonyl (C=S) groups is 1. The molecule has 1 aromatic carbocycles. The molecule has 1 amide bonds. The van der Waals surface area contributed by atoms with Gasteiger partial charge in [0.25, 0.3) is 5.91 Å². The van der Waals surface area contributed by atoms with E-state index in [4.69, 9.17) is 12.2 Å². The maximum atomic E-state index is 12.4. The monoisotopic (exact) mass is 260 g/mol. The summed E-state index contributed by atoms with van der Waals surface area (Å²) in [5.41, 5.74) is 2.08. The highest BCUT2D eigenvalue weighted by molar-refractivity contribution is 7.80. The van der Waals surface area contributed by atoms with Gasteiger partial charge in [0.2, 0.25) is 0 Å². The molecule has 0 N–H and O–H groups in total. The van der Waals surface area contributed by atoms with Crippen LogP contribution in [0.1, 0.15) is 24.8 Å². The van der Waals surface area contributed by atoms with Gasteiger partial charge in [0.1, 0.15) is 6.04 Å². The lowest BCUT2D eigenvalue weighted by Gasteiger charge is -2.27. The first kappa shape index (κ1) is 11.7. The van der Waals surface area contributed by atoms with Crippen molar-refractivity contribution in [2.75, 3.05) is 11.4 Å². The molecule has 0 saturated carbocycles. The lowest BCUT2D eigenvalue weighted by atomic mass is 10.0. The molecule has 94 valence electrons. The molecule has 1 aromatic rings. The molecule has 0 radical (unpaired) electrons. The van der Waals surface area contributed by atoms with Crippen LogP contribution < -0.4 is 4.90 Å². The highest BCUT2D eigenvalue weighted by atomic mass is 32.1. The number of piperidine rings is 1. The SMILES string of the molecule is Cc1ccc(N2C(=O)[C@@H]3CCCCN3C2=S)cc1. The van der Waals surface area contributed by atoms with Gasteiger partial charge < -0.3 is 4.90 Å². The lowest BCUT2D eigenvalue weighted by Crippen LogP contribution is -2.38. The fourth-order valence-electron chi connectivity index (χ4n) is 2.72. The molecule has 2 fully saturated rings. The van der Waals surface area contributed by atoms with Crippen molar-refractivity contribution < 1.29 is 4.79 Å². The molecule has 2 heterocycles. The second-order valence-corrected chi connectivity index (χ2v) is 5.36. The van der Waals surface area contributed by atoms with Crippen LogP contribution in [0.2, 0.25) is 0 Å². The van der Waals surface area contributed by atoms with E-state index in [1.807, 2.05) is 31.2 Å². The van der Waals surface area contributed by atoms with Crippen molar-refractivity contribution in [1.82, 2.24) is 4.90 Å². The zero-order valence-electron chi connectivity index (χ0n) is 10.4. The molecule has 0 spiro atoms. The summed E-state index contributed by atoms with van der Waals surface area (Å²) >= 11 is 5.46. The molecule has 2 saturated heterocycles. The number of nitrogens with zero attached hydrogens (tertiary/aromatic N) is 2. The van der Waals surface area contributed by atoms with Crippen LogP contribution in [0, 0.1) is 6.92 Å². The van der Waals surface area contributed by atoms with E-state index < -0.39 is 0 Å². The molecule has 1 atom stereocenters. The van der Waals surface area contributed by atoms with Gasteiger partial charge >= 0.3 is 0 Å². The van der Waals surface area contributed by atoms with Crippen molar-refractivity contribution in [1.29, 1.82) is 0 Å². The molecule has 2 aliphatic heterocycles. The molecule has 0 bridgehead atoms. The summed E-state index contributed by atoms with van der Waals surface area (Å²) < 4.78 is 0. The molecule has 3 rings (SSSR count). The molecule has 3 nitrogen and oxygen atoms in total. The van der Waals surface area contributed by atoms with Gasteiger partial charge in [-0.2, -0.15) is 0 Å². The Morgan fingerprint density at radius 2 is 1.94 bits per heavy atom. The number of amides is 1. The Labute approximate surface area is 112 Å². The molecule has 2 aliphatic rings. The van der Waals surface area contributed by atoms with Gasteiger partial charge in [-0.3, -0.25) is 9.69 Å². The number of anilines is 1. The third kappa shape index (κ3) is 1.72. The first-order valence-electron chi connectivity index (χ1n) is 6.40. The van der Waals surface area contributed by atoms with E-state index in [0.717, 1.165) is 31.5 Å². The zero-order valence-corrected chi connectivity index (χ0v) is 11.2. The number of aryl methyl sites for hydroxylation is 1. The predicted octanol–water partition coefficient (Wildman–Crippen LogP) is 2.48. The number of hydrogen-bond donors (Lipinski definition) is 0. The van der Waals surface area contributed by atoms with Crippen LogP contribution in [0.4, 0.5) is 5.69 Å². The van der Waals surface area contributed by atoms with Crippen molar-refractivity contribution in [3.63, 3.8) is 0 Å². The average Bonchev–Trinajstić information content (AvgIpc) is 2.64. The summed E-state index contributed by atoms with van der Waals surface area (Å²) in [6.45, 7) is 2.95. The van der Waals surface area contributed by atoms with E-state index in [2.05, 4.69) is 4.90 Å². The third-order valence-corrected chi connectivity index (χ3v) is 4.15. The van der Waals surface area contributed by atoms with Gasteiger partial charge in [0.05, 0.1) is 5.69 Å². The lowest BCUT2D eigenvalue weighted by molar-refractivity contribution is -0.120. The van der Waals surface area contributed by atoms with E-state index in [-0.39, 0.29) is 11.9 Å². The summed E-state index contributed by atoms with van der Waals surface area (Å²) in [7, 11) is 0. The minimum absolute atomic E-state index is 0.0208. The summed E-state index contributed by atoms with van der Waals surface area (Å²) in [4.78, 5) is 16.2. The number of fused-ring (bicyclic) bond motifs is 1. The maximum absolute atomic E-state index is 12.4. The fourth-order valence-corrected chi connectivity index (χ4v) is 3.13. The van der Waals surface area contributed by atoms with Gasteiger partial charge in [-0.05, 0) is 50.5 Å². The summed E-state index contributed by atoms with van der Waals surface area (Å²) in [6.07, 6.45) is 3.18. The maximum Gasteiger partial charge on any atom is 0.256 e. The number of rotatable bonds is 1. The Hall–Kier alpha value is -1.42. The van der Waals surface area contributed by atoms with Crippen LogP contribution in [0.15, 0.2) is 24.3 Å². The molecule has 4 heteroatoms. The van der Waals surface area contributed by atoms with Crippen molar-refractivity contribution in [2.24, 2.45) is 0 Å². The van der Waals surface area contributed by atoms with E-state index >= 15 is 0 Å². The van der Waals surface area contributed by atoms with Gasteiger partial charge in [-0.1, -0.05) is 17.7 Å². The van der Waals surface area contributed by atoms with E-state index in [1.165, 1.54) is 5.56 Å². The first-order valence-corrected chi connectivity index (χ1v) is 6.80. The Morgan fingerprint density at radius 3 is 2.61 bits per heavy atom. The molecule has 18 heavy (non-hydrogen) atoms. The number of carbonyl (C=O) groups is 1. The zero-order chi connectivity index (χ0) is 12.7. The van der Waals surface area contributed by atoms with Gasteiger partial charge in [0, 0.05) is 6.54 Å². The van der Waals surface area contributed by atoms with Crippen molar-refractivity contribution in [2.45, 2.75) is 32.2 Å². The van der Waals surface area contributed by atoms with Gasteiger partial charge in [-0.15, -0.1) is 0 Å². The van der Waals surface area contributed by atoms with Gasteiger partial charge in [-0.25, -0.2) is 0 Å². The minimum Gasteiger partial charge on any atom is -0.336 e. The van der Waals surface area contributed by atoms with Crippen LogP contribution in [0.5, 0.6) is 0 Å². The second kappa shape index (κ2) is 4.35. The van der Waals surface area contributed by atoms with Crippen molar-refractivity contribution in [3.05, 3.63) is 29.8 Å². The van der Waals surface area contributed by atoms with Crippen molar-refractivity contribution >= 4 is 28.9 Å². The Kier molecular flexibility index (Phi) is 2.82. The molecular formula is C14H16N2OS. The largest absolute Gasteiger partial charge is 0.336 e. The van der Waals surface area contributed by atoms with Gasteiger partial charge in [0.15, 0.2) is 5.11 Å². The van der Waals surface area contributed by atoms with Crippen molar-refractivity contribution in [3.8, 4) is 0 Å². The summed E-state index contributed by atoms with van der Waals surface area (Å²) in [5, 5.41) is 0.675.